The van der Waals surface area contributed by atoms with Crippen molar-refractivity contribution in [2.75, 3.05) is 4.90 Å². The molecule has 0 saturated heterocycles. The van der Waals surface area contributed by atoms with Crippen LogP contribution in [0.25, 0.3) is 88.0 Å². The van der Waals surface area contributed by atoms with Crippen molar-refractivity contribution in [2.45, 2.75) is 19.3 Å². The summed E-state index contributed by atoms with van der Waals surface area (Å²) in [6.45, 7) is 4.73. The molecule has 2 nitrogen and oxygen atoms in total. The first kappa shape index (κ1) is 35.3. The lowest BCUT2D eigenvalue weighted by molar-refractivity contribution is 0.660. The summed E-state index contributed by atoms with van der Waals surface area (Å²) in [6.07, 6.45) is 0. The number of benzene rings is 10. The number of para-hydroxylation sites is 1. The lowest BCUT2D eigenvalue weighted by Gasteiger charge is -2.31. The molecule has 0 atom stereocenters. The number of rotatable bonds is 6. The summed E-state index contributed by atoms with van der Waals surface area (Å²) in [4.78, 5) is 2.49. The van der Waals surface area contributed by atoms with Crippen LogP contribution >= 0.6 is 0 Å². The van der Waals surface area contributed by atoms with Crippen LogP contribution in [0.4, 0.5) is 17.1 Å². The molecule has 1 aliphatic carbocycles. The van der Waals surface area contributed by atoms with Gasteiger partial charge < -0.3 is 9.32 Å². The van der Waals surface area contributed by atoms with Gasteiger partial charge in [0.1, 0.15) is 11.2 Å². The Kier molecular flexibility index (Phi) is 7.92. The van der Waals surface area contributed by atoms with E-state index in [9.17, 15) is 0 Å². The summed E-state index contributed by atoms with van der Waals surface area (Å²) in [7, 11) is 0. The van der Waals surface area contributed by atoms with Crippen LogP contribution in [-0.2, 0) is 5.41 Å². The molecule has 1 aliphatic rings. The number of fused-ring (bicyclic) bond motifs is 9. The second kappa shape index (κ2) is 13.7. The summed E-state index contributed by atoms with van der Waals surface area (Å²) in [5.74, 6) is 0. The summed E-state index contributed by atoms with van der Waals surface area (Å²) >= 11 is 0. The summed E-state index contributed by atoms with van der Waals surface area (Å²) in [6, 6.07) is 77.6. The van der Waals surface area contributed by atoms with E-state index in [1.807, 2.05) is 0 Å². The minimum atomic E-state index is -0.172. The number of nitrogens with zero attached hydrogens (tertiary/aromatic N) is 1. The number of hydrogen-bond donors (Lipinski definition) is 0. The van der Waals surface area contributed by atoms with E-state index in [0.29, 0.717) is 0 Å². The molecule has 12 rings (SSSR count). The second-order valence-electron chi connectivity index (χ2n) is 16.9. The quantitative estimate of drug-likeness (QED) is 0.156. The van der Waals surface area contributed by atoms with Gasteiger partial charge in [0.15, 0.2) is 0 Å². The summed E-state index contributed by atoms with van der Waals surface area (Å²) < 4.78 is 6.65. The highest BCUT2D eigenvalue weighted by Crippen LogP contribution is 2.53. The van der Waals surface area contributed by atoms with Gasteiger partial charge in [-0.2, -0.15) is 0 Å². The molecule has 1 aromatic heterocycles. The van der Waals surface area contributed by atoms with Crippen molar-refractivity contribution < 1.29 is 4.42 Å². The molecule has 0 bridgehead atoms. The molecule has 288 valence electrons. The van der Waals surface area contributed by atoms with Gasteiger partial charge in [-0.1, -0.05) is 178 Å². The maximum Gasteiger partial charge on any atom is 0.136 e. The second-order valence-corrected chi connectivity index (χ2v) is 16.9. The molecule has 1 heterocycles. The molecule has 10 aromatic carbocycles. The molecule has 0 saturated carbocycles. The van der Waals surface area contributed by atoms with Crippen molar-refractivity contribution in [2.24, 2.45) is 0 Å². The van der Waals surface area contributed by atoms with E-state index in [0.717, 1.165) is 50.1 Å². The smallest absolute Gasteiger partial charge is 0.136 e. The van der Waals surface area contributed by atoms with E-state index in [2.05, 4.69) is 231 Å². The maximum absolute atomic E-state index is 6.65. The van der Waals surface area contributed by atoms with Gasteiger partial charge in [-0.3, -0.25) is 0 Å². The van der Waals surface area contributed by atoms with E-state index in [4.69, 9.17) is 4.42 Å². The highest BCUT2D eigenvalue weighted by molar-refractivity contribution is 6.18. The first-order valence-electron chi connectivity index (χ1n) is 21.2. The third-order valence-electron chi connectivity index (χ3n) is 13.1. The SMILES string of the molecule is CC1(C)c2ccccc2-c2ccc(N(c3ccc(-c4ccccc4)c(-c4ccccc4)c3)c3ccc4oc5ccccc5c4c3-c3ccc4c(ccc5ccccc54)c3)cc21. The van der Waals surface area contributed by atoms with Crippen molar-refractivity contribution in [3.8, 4) is 44.5 Å². The van der Waals surface area contributed by atoms with Gasteiger partial charge in [-0.25, -0.2) is 0 Å². The number of hydrogen-bond acceptors (Lipinski definition) is 2. The standard InChI is InChI=1S/C59H41NO/c1-59(2)52-23-13-11-21-48(52)49-32-29-44(37-53(49)59)60(43-28-31-46(38-15-5-3-6-16-38)51(36-43)39-17-7-4-8-18-39)54-33-34-56-58(50-22-12-14-24-55(50)61-56)57(54)42-27-30-47-41(35-42)26-25-40-19-9-10-20-45(40)47/h3-37H,1-2H3. The number of furan rings is 1. The monoisotopic (exact) mass is 779 g/mol. The molecule has 0 aliphatic heterocycles. The Morgan fingerprint density at radius 3 is 1.82 bits per heavy atom. The minimum absolute atomic E-state index is 0.172. The molecule has 61 heavy (non-hydrogen) atoms. The van der Waals surface area contributed by atoms with Crippen LogP contribution in [0.3, 0.4) is 0 Å². The van der Waals surface area contributed by atoms with Gasteiger partial charge >= 0.3 is 0 Å². The topological polar surface area (TPSA) is 16.4 Å². The average Bonchev–Trinajstić information content (AvgIpc) is 3.81. The van der Waals surface area contributed by atoms with E-state index in [-0.39, 0.29) is 5.41 Å². The Balaban J connectivity index is 1.17. The molecule has 2 heteroatoms. The Bertz CT molecular complexity index is 3500. The highest BCUT2D eigenvalue weighted by atomic mass is 16.3. The molecule has 0 N–H and O–H groups in total. The predicted octanol–water partition coefficient (Wildman–Crippen LogP) is 16.7. The van der Waals surface area contributed by atoms with Crippen LogP contribution in [0.1, 0.15) is 25.0 Å². The van der Waals surface area contributed by atoms with Crippen molar-refractivity contribution in [3.63, 3.8) is 0 Å². The first-order valence-corrected chi connectivity index (χ1v) is 21.2. The third-order valence-corrected chi connectivity index (χ3v) is 13.1. The van der Waals surface area contributed by atoms with E-state index in [1.165, 1.54) is 66.1 Å². The molecule has 0 fully saturated rings. The molecule has 11 aromatic rings. The minimum Gasteiger partial charge on any atom is -0.456 e. The summed E-state index contributed by atoms with van der Waals surface area (Å²) in [5.41, 5.74) is 17.1. The number of anilines is 3. The first-order chi connectivity index (χ1) is 30.0. The molecule has 0 unspecified atom stereocenters. The summed E-state index contributed by atoms with van der Waals surface area (Å²) in [5, 5.41) is 7.16. The Morgan fingerprint density at radius 2 is 1.00 bits per heavy atom. The fourth-order valence-corrected chi connectivity index (χ4v) is 10.1. The zero-order valence-corrected chi connectivity index (χ0v) is 34.1. The lowest BCUT2D eigenvalue weighted by atomic mass is 9.82. The van der Waals surface area contributed by atoms with Crippen molar-refractivity contribution >= 4 is 60.5 Å². The fraction of sp³-hybridized carbons (Fsp3) is 0.0508. The van der Waals surface area contributed by atoms with Crippen molar-refractivity contribution in [3.05, 3.63) is 223 Å². The zero-order chi connectivity index (χ0) is 40.7. The molecular formula is C59H41NO. The van der Waals surface area contributed by atoms with E-state index in [1.54, 1.807) is 0 Å². The van der Waals surface area contributed by atoms with Crippen LogP contribution in [-0.4, -0.2) is 0 Å². The van der Waals surface area contributed by atoms with Crippen LogP contribution in [0.15, 0.2) is 217 Å². The van der Waals surface area contributed by atoms with Gasteiger partial charge in [0, 0.05) is 33.1 Å². The van der Waals surface area contributed by atoms with Crippen LogP contribution in [0.2, 0.25) is 0 Å². The van der Waals surface area contributed by atoms with Gasteiger partial charge in [-0.15, -0.1) is 0 Å². The van der Waals surface area contributed by atoms with Gasteiger partial charge in [0.05, 0.1) is 5.69 Å². The maximum atomic E-state index is 6.65. The molecule has 0 amide bonds. The van der Waals surface area contributed by atoms with Gasteiger partial charge in [0.25, 0.3) is 0 Å². The van der Waals surface area contributed by atoms with Crippen molar-refractivity contribution in [1.29, 1.82) is 0 Å². The molecular weight excluding hydrogens is 739 g/mol. The fourth-order valence-electron chi connectivity index (χ4n) is 10.1. The Labute approximate surface area is 355 Å². The van der Waals surface area contributed by atoms with Crippen LogP contribution in [0, 0.1) is 0 Å². The van der Waals surface area contributed by atoms with E-state index < -0.39 is 0 Å². The van der Waals surface area contributed by atoms with Gasteiger partial charge in [-0.05, 0) is 120 Å². The van der Waals surface area contributed by atoms with E-state index >= 15 is 0 Å². The van der Waals surface area contributed by atoms with Gasteiger partial charge in [0.2, 0.25) is 0 Å². The molecule has 0 radical (unpaired) electrons. The normalized spacial score (nSPS) is 12.9. The van der Waals surface area contributed by atoms with Crippen LogP contribution < -0.4 is 4.90 Å². The Hall–Kier alpha value is -7.68. The Morgan fingerprint density at radius 1 is 0.377 bits per heavy atom. The zero-order valence-electron chi connectivity index (χ0n) is 34.1. The largest absolute Gasteiger partial charge is 0.456 e. The predicted molar refractivity (Wildman–Crippen MR) is 257 cm³/mol. The molecule has 0 spiro atoms. The van der Waals surface area contributed by atoms with Crippen LogP contribution in [0.5, 0.6) is 0 Å². The lowest BCUT2D eigenvalue weighted by Crippen LogP contribution is -2.17. The average molecular weight is 780 g/mol. The van der Waals surface area contributed by atoms with Crippen molar-refractivity contribution in [1.82, 2.24) is 0 Å². The third kappa shape index (κ3) is 5.56. The highest BCUT2D eigenvalue weighted by Gasteiger charge is 2.36.